The number of nitrogens with one attached hydrogen (secondary N) is 4. The van der Waals surface area contributed by atoms with Gasteiger partial charge in [-0.2, -0.15) is 0 Å². The summed E-state index contributed by atoms with van der Waals surface area (Å²) in [5, 5.41) is 16.0. The van der Waals surface area contributed by atoms with Crippen LogP contribution in [0.1, 0.15) is 111 Å². The summed E-state index contributed by atoms with van der Waals surface area (Å²) >= 11 is 0. The highest BCUT2D eigenvalue weighted by atomic mass is 16.5. The van der Waals surface area contributed by atoms with Gasteiger partial charge in [-0.1, -0.05) is 45.0 Å². The summed E-state index contributed by atoms with van der Waals surface area (Å²) in [6, 6.07) is 20.5. The van der Waals surface area contributed by atoms with Crippen LogP contribution in [0.2, 0.25) is 0 Å². The Morgan fingerprint density at radius 2 is 1.12 bits per heavy atom. The Bertz CT molecular complexity index is 2950. The number of ether oxygens (including phenoxy) is 4. The summed E-state index contributed by atoms with van der Waals surface area (Å²) < 4.78 is 23.3. The molecule has 8 rings (SSSR count). The van der Waals surface area contributed by atoms with E-state index in [1.165, 1.54) is 54.0 Å². The molecule has 0 radical (unpaired) electrons. The molecule has 2 fully saturated rings. The monoisotopic (exact) mass is 1070 g/mol. The number of carbonyl (C=O) groups excluding carboxylic acids is 2. The molecule has 17 nitrogen and oxygen atoms in total. The van der Waals surface area contributed by atoms with E-state index >= 15 is 0 Å². The second kappa shape index (κ2) is 29.3. The first-order valence-corrected chi connectivity index (χ1v) is 28.3. The lowest BCUT2D eigenvalue weighted by Gasteiger charge is -2.32. The van der Waals surface area contributed by atoms with Crippen LogP contribution in [0.3, 0.4) is 0 Å². The van der Waals surface area contributed by atoms with Gasteiger partial charge >= 0.3 is 0 Å². The molecule has 0 saturated carbocycles. The number of benzene rings is 4. The molecule has 2 aromatic heterocycles. The first-order valence-electron chi connectivity index (χ1n) is 28.3. The number of nitrogens with zero attached hydrogens (tertiary/aromatic N) is 5. The van der Waals surface area contributed by atoms with Crippen LogP contribution in [-0.2, 0) is 25.9 Å². The molecular weight excluding hydrogens is 983 g/mol. The molecule has 4 aromatic carbocycles. The maximum absolute atomic E-state index is 12.5. The first kappa shape index (κ1) is 58.9. The van der Waals surface area contributed by atoms with Crippen molar-refractivity contribution in [1.82, 2.24) is 35.3 Å². The van der Waals surface area contributed by atoms with Crippen LogP contribution < -0.4 is 51.7 Å². The molecule has 2 aliphatic heterocycles. The van der Waals surface area contributed by atoms with E-state index in [1.54, 1.807) is 0 Å². The van der Waals surface area contributed by atoms with Crippen LogP contribution in [0.4, 0.5) is 22.7 Å². The summed E-state index contributed by atoms with van der Waals surface area (Å²) in [5.74, 6) is 1.38. The second-order valence-electron chi connectivity index (χ2n) is 19.8. The Hall–Kier alpha value is -6.76. The Balaban J connectivity index is 0.000000226. The number of hydrogen-bond donors (Lipinski definition) is 6. The van der Waals surface area contributed by atoms with Crippen molar-refractivity contribution in [1.29, 1.82) is 0 Å². The zero-order chi connectivity index (χ0) is 55.6. The zero-order valence-electron chi connectivity index (χ0n) is 47.5. The molecule has 1 atom stereocenters. The Morgan fingerprint density at radius 3 is 1.58 bits per heavy atom. The van der Waals surface area contributed by atoms with E-state index in [9.17, 15) is 9.59 Å². The molecule has 8 N–H and O–H groups in total. The van der Waals surface area contributed by atoms with Crippen molar-refractivity contribution in [3.63, 3.8) is 0 Å². The van der Waals surface area contributed by atoms with Gasteiger partial charge < -0.3 is 66.4 Å². The third-order valence-corrected chi connectivity index (χ3v) is 14.6. The van der Waals surface area contributed by atoms with E-state index in [2.05, 4.69) is 104 Å². The van der Waals surface area contributed by atoms with E-state index in [-0.39, 0.29) is 0 Å². The minimum absolute atomic E-state index is 0.327. The predicted molar refractivity (Wildman–Crippen MR) is 316 cm³/mol. The van der Waals surface area contributed by atoms with Crippen molar-refractivity contribution in [3.8, 4) is 23.0 Å². The summed E-state index contributed by atoms with van der Waals surface area (Å²) in [6.07, 6.45) is 8.30. The minimum Gasteiger partial charge on any atom is -0.490 e. The van der Waals surface area contributed by atoms with Gasteiger partial charge in [0.2, 0.25) is 0 Å². The van der Waals surface area contributed by atoms with Crippen LogP contribution in [-0.4, -0.2) is 135 Å². The number of likely N-dealkylation sites (N-methyl/N-ethyl adjacent to an activating group) is 2. The maximum Gasteiger partial charge on any atom is 0.252 e. The number of fused-ring (bicyclic) bond motifs is 2. The van der Waals surface area contributed by atoms with Crippen molar-refractivity contribution < 1.29 is 28.5 Å². The number of piperazine rings is 1. The second-order valence-corrected chi connectivity index (χ2v) is 19.8. The quantitative estimate of drug-likeness (QED) is 0.0280. The summed E-state index contributed by atoms with van der Waals surface area (Å²) in [6.45, 7) is 27.9. The van der Waals surface area contributed by atoms with E-state index < -0.39 is 11.8 Å². The number of primary amides is 2. The van der Waals surface area contributed by atoms with Crippen LogP contribution in [0.15, 0.2) is 73.1 Å². The van der Waals surface area contributed by atoms with Gasteiger partial charge in [0.05, 0.1) is 60.0 Å². The van der Waals surface area contributed by atoms with Gasteiger partial charge in [-0.15, -0.1) is 0 Å². The minimum atomic E-state index is -0.542. The molecule has 78 heavy (non-hydrogen) atoms. The zero-order valence-corrected chi connectivity index (χ0v) is 47.5. The van der Waals surface area contributed by atoms with Gasteiger partial charge in [-0.25, -0.2) is 0 Å². The lowest BCUT2D eigenvalue weighted by atomic mass is 10.00. The average Bonchev–Trinajstić information content (AvgIpc) is 3.48. The van der Waals surface area contributed by atoms with Crippen LogP contribution >= 0.6 is 0 Å². The van der Waals surface area contributed by atoms with Gasteiger partial charge in [-0.05, 0) is 140 Å². The number of nitrogens with two attached hydrogens (primary N) is 2. The van der Waals surface area contributed by atoms with Crippen LogP contribution in [0, 0.1) is 0 Å². The van der Waals surface area contributed by atoms with Crippen molar-refractivity contribution in [2.75, 3.05) is 103 Å². The summed E-state index contributed by atoms with van der Waals surface area (Å²) in [7, 11) is 2.19. The smallest absolute Gasteiger partial charge is 0.252 e. The third-order valence-electron chi connectivity index (χ3n) is 14.6. The van der Waals surface area contributed by atoms with E-state index in [0.29, 0.717) is 89.0 Å². The number of rotatable bonds is 26. The number of aromatic nitrogens is 2. The molecule has 2 aliphatic rings. The predicted octanol–water partition coefficient (Wildman–Crippen LogP) is 9.18. The number of pyridine rings is 2. The first-order chi connectivity index (χ1) is 37.9. The van der Waals surface area contributed by atoms with Gasteiger partial charge in [0.25, 0.3) is 11.8 Å². The molecule has 0 spiro atoms. The molecule has 0 aliphatic carbocycles. The highest BCUT2D eigenvalue weighted by molar-refractivity contribution is 6.09. The molecule has 0 bridgehead atoms. The molecule has 6 aromatic rings. The number of anilines is 4. The Labute approximate surface area is 462 Å². The molecular formula is C61H85N11O6. The molecule has 2 saturated heterocycles. The van der Waals surface area contributed by atoms with Gasteiger partial charge in [0, 0.05) is 98.5 Å². The van der Waals surface area contributed by atoms with Crippen molar-refractivity contribution in [3.05, 3.63) is 106 Å². The number of piperidine rings is 1. The highest BCUT2D eigenvalue weighted by Gasteiger charge is 2.23. The summed E-state index contributed by atoms with van der Waals surface area (Å²) in [4.78, 5) is 41.4. The SMILES string of the molecule is CCOc1cc2ncc(C(N)=O)c(Nc3cccc(CNC4CCCN(CC)C4)c3CC)c2cc1OCC.CCOc1cc2ncc(C(N)=O)c(Nc3cccc(CNCCCN4CCN(C)CC4)c3CC)c2cc1OCC. The number of hydrogen-bond acceptors (Lipinski definition) is 15. The highest BCUT2D eigenvalue weighted by Crippen LogP contribution is 2.40. The Kier molecular flexibility index (Phi) is 22.1. The molecule has 1 unspecified atom stereocenters. The lowest BCUT2D eigenvalue weighted by molar-refractivity contribution is 0.0992. The van der Waals surface area contributed by atoms with Crippen molar-refractivity contribution >= 4 is 56.4 Å². The lowest BCUT2D eigenvalue weighted by Crippen LogP contribution is -2.45. The molecule has 17 heteroatoms. The Morgan fingerprint density at radius 1 is 0.628 bits per heavy atom. The normalized spacial score (nSPS) is 15.2. The van der Waals surface area contributed by atoms with Crippen LogP contribution in [0.25, 0.3) is 21.8 Å². The molecule has 4 heterocycles. The third kappa shape index (κ3) is 15.1. The van der Waals surface area contributed by atoms with Crippen LogP contribution in [0.5, 0.6) is 23.0 Å². The largest absolute Gasteiger partial charge is 0.490 e. The van der Waals surface area contributed by atoms with E-state index in [0.717, 1.165) is 107 Å². The maximum atomic E-state index is 12.5. The fourth-order valence-corrected chi connectivity index (χ4v) is 10.5. The number of carbonyl (C=O) groups is 2. The summed E-state index contributed by atoms with van der Waals surface area (Å²) in [5.41, 5.74) is 21.7. The molecule has 420 valence electrons. The van der Waals surface area contributed by atoms with Crippen molar-refractivity contribution in [2.24, 2.45) is 11.5 Å². The fraction of sp³-hybridized carbons (Fsp3) is 0.475. The van der Waals surface area contributed by atoms with Crippen molar-refractivity contribution in [2.45, 2.75) is 99.7 Å². The van der Waals surface area contributed by atoms with Gasteiger partial charge in [0.15, 0.2) is 23.0 Å². The topological polar surface area (TPSA) is 207 Å². The molecule has 2 amide bonds. The fourth-order valence-electron chi connectivity index (χ4n) is 10.5. The van der Waals surface area contributed by atoms with E-state index in [4.69, 9.17) is 30.4 Å². The standard InChI is InChI=1S/C31H44N6O3.C30H41N5O3/c1-5-23-22(20-33-12-9-13-37-16-14-36(4)15-17-37)10-8-11-26(23)35-30-24-18-28(39-6-2)29(40-7-3)19-27(24)34-21-25(30)31(32)38;1-5-22-20(17-32-21-12-10-14-35(6-2)19-21)11-9-13-25(22)34-29-23-15-27(37-7-3)28(38-8-4)16-26(23)33-18-24(29)30(31)36/h8,10-11,18-19,21,33H,5-7,9,12-17,20H2,1-4H3,(H2,32,38)(H,34,35);9,11,13,15-16,18,21,32H,5-8,10,12,14,17,19H2,1-4H3,(H2,31,36)(H,33,34). The van der Waals surface area contributed by atoms with E-state index in [1.807, 2.05) is 58.0 Å². The number of amides is 2. The van der Waals surface area contributed by atoms with Gasteiger partial charge in [0.1, 0.15) is 0 Å². The average molecular weight is 1070 g/mol. The van der Waals surface area contributed by atoms with Gasteiger partial charge in [-0.3, -0.25) is 19.6 Å². The number of likely N-dealkylation sites (tertiary alicyclic amines) is 1.